The number of nitrogens with one attached hydrogen (secondary N) is 1. The number of amides is 1. The van der Waals surface area contributed by atoms with Crippen molar-refractivity contribution < 1.29 is 4.79 Å². The van der Waals surface area contributed by atoms with E-state index in [9.17, 15) is 4.79 Å². The summed E-state index contributed by atoms with van der Waals surface area (Å²) in [5.74, 6) is -0.176. The van der Waals surface area contributed by atoms with Crippen molar-refractivity contribution in [3.63, 3.8) is 0 Å². The molecule has 106 valence electrons. The molecule has 0 saturated heterocycles. The molecule has 1 heterocycles. The number of rotatable bonds is 3. The first-order valence-electron chi connectivity index (χ1n) is 6.27. The minimum absolute atomic E-state index is 0.176. The zero-order valence-electron chi connectivity index (χ0n) is 11.6. The van der Waals surface area contributed by atoms with Crippen molar-refractivity contribution in [2.45, 2.75) is 26.8 Å². The molecule has 2 aromatic rings. The van der Waals surface area contributed by atoms with Crippen LogP contribution in [0.15, 0.2) is 24.3 Å². The molecule has 1 unspecified atom stereocenters. The molecule has 1 amide bonds. The lowest BCUT2D eigenvalue weighted by molar-refractivity contribution is -0.119. The maximum atomic E-state index is 12.3. The smallest absolute Gasteiger partial charge is 0.249 e. The first kappa shape index (κ1) is 14.4. The van der Waals surface area contributed by atoms with E-state index in [1.165, 1.54) is 0 Å². The van der Waals surface area contributed by atoms with Gasteiger partial charge in [-0.3, -0.25) is 9.48 Å². The Bertz CT molecular complexity index is 651. The van der Waals surface area contributed by atoms with Gasteiger partial charge in [-0.1, -0.05) is 11.6 Å². The zero-order chi connectivity index (χ0) is 14.9. The van der Waals surface area contributed by atoms with Gasteiger partial charge in [0.05, 0.1) is 17.1 Å². The van der Waals surface area contributed by atoms with Gasteiger partial charge < -0.3 is 11.1 Å². The first-order chi connectivity index (χ1) is 9.38. The van der Waals surface area contributed by atoms with Crippen LogP contribution < -0.4 is 11.1 Å². The van der Waals surface area contributed by atoms with Crippen LogP contribution in [0, 0.1) is 13.8 Å². The molecule has 20 heavy (non-hydrogen) atoms. The summed E-state index contributed by atoms with van der Waals surface area (Å²) in [6.07, 6.45) is 0. The predicted molar refractivity (Wildman–Crippen MR) is 80.9 cm³/mol. The lowest BCUT2D eigenvalue weighted by atomic mass is 10.2. The van der Waals surface area contributed by atoms with Gasteiger partial charge in [0, 0.05) is 10.7 Å². The van der Waals surface area contributed by atoms with Gasteiger partial charge in [0.25, 0.3) is 0 Å². The van der Waals surface area contributed by atoms with Gasteiger partial charge in [-0.2, -0.15) is 5.10 Å². The van der Waals surface area contributed by atoms with E-state index in [1.54, 1.807) is 29.8 Å². The van der Waals surface area contributed by atoms with Crippen molar-refractivity contribution >= 4 is 28.9 Å². The molecule has 0 bridgehead atoms. The van der Waals surface area contributed by atoms with Crippen molar-refractivity contribution in [3.05, 3.63) is 40.7 Å². The summed E-state index contributed by atoms with van der Waals surface area (Å²) < 4.78 is 1.69. The fraction of sp³-hybridized carbons (Fsp3) is 0.286. The number of benzene rings is 1. The predicted octanol–water partition coefficient (Wildman–Crippen LogP) is 2.94. The van der Waals surface area contributed by atoms with E-state index < -0.39 is 6.04 Å². The van der Waals surface area contributed by atoms with Gasteiger partial charge in [-0.05, 0) is 45.0 Å². The molecule has 5 nitrogen and oxygen atoms in total. The molecule has 2 rings (SSSR count). The van der Waals surface area contributed by atoms with Crippen molar-refractivity contribution in [2.24, 2.45) is 0 Å². The van der Waals surface area contributed by atoms with E-state index in [0.29, 0.717) is 16.4 Å². The van der Waals surface area contributed by atoms with Crippen LogP contribution in [-0.4, -0.2) is 15.7 Å². The van der Waals surface area contributed by atoms with E-state index in [0.717, 1.165) is 11.4 Å². The molecule has 6 heteroatoms. The Labute approximate surface area is 122 Å². The Kier molecular flexibility index (Phi) is 3.99. The number of nitrogens with two attached hydrogens (primary N) is 1. The number of nitrogen functional groups attached to an aromatic ring is 1. The minimum atomic E-state index is -0.418. The van der Waals surface area contributed by atoms with Crippen molar-refractivity contribution in [2.75, 3.05) is 11.1 Å². The van der Waals surface area contributed by atoms with Gasteiger partial charge in [0.1, 0.15) is 6.04 Å². The summed E-state index contributed by atoms with van der Waals surface area (Å²) >= 11 is 5.83. The molecule has 1 aromatic heterocycles. The molecule has 0 aliphatic heterocycles. The van der Waals surface area contributed by atoms with Gasteiger partial charge in [0.2, 0.25) is 5.91 Å². The van der Waals surface area contributed by atoms with Gasteiger partial charge in [-0.15, -0.1) is 0 Å². The molecule has 0 saturated carbocycles. The van der Waals surface area contributed by atoms with Crippen LogP contribution in [0.25, 0.3) is 0 Å². The Morgan fingerprint density at radius 2 is 2.10 bits per heavy atom. The number of carbonyl (C=O) groups is 1. The largest absolute Gasteiger partial charge is 0.397 e. The molecule has 1 aromatic carbocycles. The summed E-state index contributed by atoms with van der Waals surface area (Å²) in [7, 11) is 0. The number of anilines is 2. The summed E-state index contributed by atoms with van der Waals surface area (Å²) in [5.41, 5.74) is 8.63. The van der Waals surface area contributed by atoms with Crippen LogP contribution >= 0.6 is 11.6 Å². The van der Waals surface area contributed by atoms with E-state index >= 15 is 0 Å². The number of nitrogens with zero attached hydrogens (tertiary/aromatic N) is 2. The SMILES string of the molecule is Cc1cc(C)n(C(C)C(=O)Nc2ccc(Cl)cc2N)n1. The molecule has 0 fully saturated rings. The highest BCUT2D eigenvalue weighted by Gasteiger charge is 2.18. The van der Waals surface area contributed by atoms with Crippen LogP contribution in [0.4, 0.5) is 11.4 Å². The normalized spacial score (nSPS) is 12.2. The number of aromatic nitrogens is 2. The van der Waals surface area contributed by atoms with E-state index in [2.05, 4.69) is 10.4 Å². The highest BCUT2D eigenvalue weighted by atomic mass is 35.5. The lowest BCUT2D eigenvalue weighted by Gasteiger charge is -2.15. The molecule has 0 aliphatic carbocycles. The van der Waals surface area contributed by atoms with Crippen molar-refractivity contribution in [1.29, 1.82) is 0 Å². The Morgan fingerprint density at radius 3 is 2.65 bits per heavy atom. The Hall–Kier alpha value is -2.01. The molecular weight excluding hydrogens is 276 g/mol. The third kappa shape index (κ3) is 2.93. The second kappa shape index (κ2) is 5.54. The monoisotopic (exact) mass is 292 g/mol. The first-order valence-corrected chi connectivity index (χ1v) is 6.65. The second-order valence-corrected chi connectivity index (χ2v) is 5.20. The maximum absolute atomic E-state index is 12.3. The summed E-state index contributed by atoms with van der Waals surface area (Å²) in [5, 5.41) is 7.64. The van der Waals surface area contributed by atoms with Crippen molar-refractivity contribution in [1.82, 2.24) is 9.78 Å². The highest BCUT2D eigenvalue weighted by molar-refractivity contribution is 6.31. The third-order valence-corrected chi connectivity index (χ3v) is 3.30. The maximum Gasteiger partial charge on any atom is 0.249 e. The lowest BCUT2D eigenvalue weighted by Crippen LogP contribution is -2.25. The standard InChI is InChI=1S/C14H17ClN4O/c1-8-6-9(2)19(18-8)10(3)14(20)17-13-5-4-11(15)7-12(13)16/h4-7,10H,16H2,1-3H3,(H,17,20). The highest BCUT2D eigenvalue weighted by Crippen LogP contribution is 2.23. The van der Waals surface area contributed by atoms with Crippen LogP contribution in [0.1, 0.15) is 24.4 Å². The molecule has 1 atom stereocenters. The number of hydrogen-bond donors (Lipinski definition) is 2. The molecule has 0 aliphatic rings. The zero-order valence-corrected chi connectivity index (χ0v) is 12.4. The molecular formula is C14H17ClN4O. The molecule has 3 N–H and O–H groups in total. The topological polar surface area (TPSA) is 72.9 Å². The Morgan fingerprint density at radius 1 is 1.40 bits per heavy atom. The third-order valence-electron chi connectivity index (χ3n) is 3.06. The summed E-state index contributed by atoms with van der Waals surface area (Å²) in [6.45, 7) is 5.60. The van der Waals surface area contributed by atoms with Gasteiger partial charge >= 0.3 is 0 Å². The van der Waals surface area contributed by atoms with Crippen LogP contribution in [0.5, 0.6) is 0 Å². The van der Waals surface area contributed by atoms with E-state index in [-0.39, 0.29) is 5.91 Å². The fourth-order valence-corrected chi connectivity index (χ4v) is 2.21. The van der Waals surface area contributed by atoms with E-state index in [1.807, 2.05) is 19.9 Å². The van der Waals surface area contributed by atoms with Gasteiger partial charge in [-0.25, -0.2) is 0 Å². The fourth-order valence-electron chi connectivity index (χ4n) is 2.03. The number of carbonyl (C=O) groups excluding carboxylic acids is 1. The average Bonchev–Trinajstić information content (AvgIpc) is 2.71. The molecule has 0 radical (unpaired) electrons. The number of hydrogen-bond acceptors (Lipinski definition) is 3. The Balaban J connectivity index is 2.17. The van der Waals surface area contributed by atoms with E-state index in [4.69, 9.17) is 17.3 Å². The summed E-state index contributed by atoms with van der Waals surface area (Å²) in [4.78, 5) is 12.3. The number of aryl methyl sites for hydroxylation is 2. The number of halogens is 1. The van der Waals surface area contributed by atoms with Crippen molar-refractivity contribution in [3.8, 4) is 0 Å². The van der Waals surface area contributed by atoms with Crippen LogP contribution in [0.3, 0.4) is 0 Å². The average molecular weight is 293 g/mol. The second-order valence-electron chi connectivity index (χ2n) is 4.77. The van der Waals surface area contributed by atoms with Gasteiger partial charge in [0.15, 0.2) is 0 Å². The van der Waals surface area contributed by atoms with Crippen LogP contribution in [0.2, 0.25) is 5.02 Å². The quantitative estimate of drug-likeness (QED) is 0.854. The minimum Gasteiger partial charge on any atom is -0.397 e. The van der Waals surface area contributed by atoms with Crippen LogP contribution in [-0.2, 0) is 4.79 Å². The summed E-state index contributed by atoms with van der Waals surface area (Å²) in [6, 6.07) is 6.48. The molecule has 0 spiro atoms.